The lowest BCUT2D eigenvalue weighted by Crippen LogP contribution is -2.24. The van der Waals surface area contributed by atoms with Gasteiger partial charge in [-0.1, -0.05) is 30.3 Å². The van der Waals surface area contributed by atoms with Gasteiger partial charge in [-0.3, -0.25) is 14.9 Å². The predicted molar refractivity (Wildman–Crippen MR) is 110 cm³/mol. The van der Waals surface area contributed by atoms with Crippen molar-refractivity contribution in [2.75, 3.05) is 11.9 Å². The summed E-state index contributed by atoms with van der Waals surface area (Å²) in [5.41, 5.74) is 1.59. The van der Waals surface area contributed by atoms with Gasteiger partial charge in [0.05, 0.1) is 12.1 Å². The molecule has 162 valence electrons. The Bertz CT molecular complexity index is 1040. The third-order valence-electron chi connectivity index (χ3n) is 3.94. The summed E-state index contributed by atoms with van der Waals surface area (Å²) in [5.74, 6) is -0.534. The highest BCUT2D eigenvalue weighted by Gasteiger charge is 2.28. The fourth-order valence-electron chi connectivity index (χ4n) is 2.54. The fraction of sp³-hybridized carbons (Fsp3) is 0.190. The minimum absolute atomic E-state index is 0.00196. The first-order valence-electron chi connectivity index (χ1n) is 9.14. The van der Waals surface area contributed by atoms with Crippen LogP contribution >= 0.6 is 11.3 Å². The molecule has 31 heavy (non-hydrogen) atoms. The first-order chi connectivity index (χ1) is 14.8. The fourth-order valence-corrected chi connectivity index (χ4v) is 3.25. The van der Waals surface area contributed by atoms with Crippen molar-refractivity contribution in [2.45, 2.75) is 19.1 Å². The molecule has 6 nitrogen and oxygen atoms in total. The Hall–Kier alpha value is -3.40. The maximum atomic E-state index is 12.3. The number of carbonyl (C=O) groups excluding carboxylic acids is 2. The van der Waals surface area contributed by atoms with Gasteiger partial charge in [0.15, 0.2) is 11.7 Å². The number of alkyl halides is 3. The summed E-state index contributed by atoms with van der Waals surface area (Å²) in [5, 5.41) is 7.42. The highest BCUT2D eigenvalue weighted by atomic mass is 32.1. The van der Waals surface area contributed by atoms with Gasteiger partial charge in [0.25, 0.3) is 5.91 Å². The number of nitrogens with zero attached hydrogens (tertiary/aromatic N) is 1. The van der Waals surface area contributed by atoms with E-state index in [0.29, 0.717) is 22.0 Å². The minimum Gasteiger partial charge on any atom is -0.484 e. The van der Waals surface area contributed by atoms with Crippen LogP contribution in [0.2, 0.25) is 0 Å². The van der Waals surface area contributed by atoms with Gasteiger partial charge in [0, 0.05) is 17.5 Å². The third kappa shape index (κ3) is 7.41. The highest BCUT2D eigenvalue weighted by molar-refractivity contribution is 7.14. The van der Waals surface area contributed by atoms with E-state index in [2.05, 4.69) is 15.6 Å². The Morgan fingerprint density at radius 2 is 1.84 bits per heavy atom. The highest BCUT2D eigenvalue weighted by Crippen LogP contribution is 2.20. The Morgan fingerprint density at radius 1 is 1.06 bits per heavy atom. The Balaban J connectivity index is 1.48. The quantitative estimate of drug-likeness (QED) is 0.540. The van der Waals surface area contributed by atoms with Crippen molar-refractivity contribution in [3.05, 3.63) is 76.8 Å². The maximum Gasteiger partial charge on any atom is 0.422 e. The third-order valence-corrected chi connectivity index (χ3v) is 4.75. The molecule has 0 atom stereocenters. The van der Waals surface area contributed by atoms with Crippen molar-refractivity contribution < 1.29 is 27.5 Å². The molecule has 2 aromatic carbocycles. The van der Waals surface area contributed by atoms with Gasteiger partial charge >= 0.3 is 6.18 Å². The van der Waals surface area contributed by atoms with E-state index in [1.807, 2.05) is 6.07 Å². The summed E-state index contributed by atoms with van der Waals surface area (Å²) in [7, 11) is 0. The molecule has 3 aromatic rings. The Labute approximate surface area is 180 Å². The SMILES string of the molecule is O=C(Cc1csc(NC(=O)c2ccccc2)n1)NCc1cccc(OCC(F)(F)F)c1. The molecule has 0 radical (unpaired) electrons. The second-order valence-corrected chi connectivity index (χ2v) is 7.33. The second-order valence-electron chi connectivity index (χ2n) is 6.47. The molecular formula is C21H18F3N3O3S. The number of nitrogens with one attached hydrogen (secondary N) is 2. The molecule has 2 amide bonds. The molecule has 0 aliphatic heterocycles. The van der Waals surface area contributed by atoms with Crippen LogP contribution in [-0.4, -0.2) is 29.6 Å². The molecule has 1 heterocycles. The van der Waals surface area contributed by atoms with Crippen molar-refractivity contribution in [1.82, 2.24) is 10.3 Å². The van der Waals surface area contributed by atoms with E-state index in [0.717, 1.165) is 0 Å². The molecule has 0 aliphatic carbocycles. The number of carbonyl (C=O) groups is 2. The lowest BCUT2D eigenvalue weighted by molar-refractivity contribution is -0.153. The van der Waals surface area contributed by atoms with Crippen molar-refractivity contribution in [1.29, 1.82) is 0 Å². The molecule has 0 saturated heterocycles. The summed E-state index contributed by atoms with van der Waals surface area (Å²) in [4.78, 5) is 28.5. The summed E-state index contributed by atoms with van der Waals surface area (Å²) < 4.78 is 41.5. The predicted octanol–water partition coefficient (Wildman–Crippen LogP) is 4.20. The smallest absolute Gasteiger partial charge is 0.422 e. The van der Waals surface area contributed by atoms with E-state index >= 15 is 0 Å². The first-order valence-corrected chi connectivity index (χ1v) is 10.0. The average molecular weight is 449 g/mol. The molecule has 0 unspecified atom stereocenters. The van der Waals surface area contributed by atoms with Crippen LogP contribution in [0.3, 0.4) is 0 Å². The van der Waals surface area contributed by atoms with Crippen LogP contribution in [-0.2, 0) is 17.8 Å². The van der Waals surface area contributed by atoms with E-state index in [-0.39, 0.29) is 30.5 Å². The molecule has 0 spiro atoms. The zero-order chi connectivity index (χ0) is 22.3. The number of rotatable bonds is 8. The Kier molecular flexibility index (Phi) is 7.24. The van der Waals surface area contributed by atoms with Crippen LogP contribution in [0.5, 0.6) is 5.75 Å². The monoisotopic (exact) mass is 449 g/mol. The van der Waals surface area contributed by atoms with Crippen molar-refractivity contribution in [3.63, 3.8) is 0 Å². The van der Waals surface area contributed by atoms with Crippen LogP contribution in [0.25, 0.3) is 0 Å². The van der Waals surface area contributed by atoms with Gasteiger partial charge in [0.1, 0.15) is 5.75 Å². The van der Waals surface area contributed by atoms with Gasteiger partial charge in [-0.05, 0) is 29.8 Å². The maximum absolute atomic E-state index is 12.3. The number of aromatic nitrogens is 1. The van der Waals surface area contributed by atoms with Crippen LogP contribution < -0.4 is 15.4 Å². The van der Waals surface area contributed by atoms with E-state index in [1.54, 1.807) is 41.8 Å². The van der Waals surface area contributed by atoms with Gasteiger partial charge in [-0.2, -0.15) is 13.2 Å². The first kappa shape index (κ1) is 22.3. The molecule has 0 fully saturated rings. The molecule has 10 heteroatoms. The van der Waals surface area contributed by atoms with Crippen molar-refractivity contribution in [2.24, 2.45) is 0 Å². The van der Waals surface area contributed by atoms with Gasteiger partial charge < -0.3 is 10.1 Å². The standard InChI is InChI=1S/C21H18F3N3O3S/c22-21(23,24)13-30-17-8-4-5-14(9-17)11-25-18(28)10-16-12-31-20(26-16)27-19(29)15-6-2-1-3-7-15/h1-9,12H,10-11,13H2,(H,25,28)(H,26,27,29). The van der Waals surface area contributed by atoms with Gasteiger partial charge in [-0.25, -0.2) is 4.98 Å². The number of amides is 2. The Morgan fingerprint density at radius 3 is 2.58 bits per heavy atom. The largest absolute Gasteiger partial charge is 0.484 e. The van der Waals surface area contributed by atoms with Gasteiger partial charge in [0.2, 0.25) is 5.91 Å². The second kappa shape index (κ2) is 10.1. The van der Waals surface area contributed by atoms with Crippen LogP contribution in [0, 0.1) is 0 Å². The molecule has 3 rings (SSSR count). The molecule has 1 aromatic heterocycles. The summed E-state index contributed by atoms with van der Waals surface area (Å²) in [6, 6.07) is 14.7. The van der Waals surface area contributed by atoms with Crippen LogP contribution in [0.1, 0.15) is 21.6 Å². The van der Waals surface area contributed by atoms with Crippen LogP contribution in [0.4, 0.5) is 18.3 Å². The van der Waals surface area contributed by atoms with E-state index in [1.165, 1.54) is 23.5 Å². The number of halogens is 3. The summed E-state index contributed by atoms with van der Waals surface area (Å²) >= 11 is 1.21. The number of benzene rings is 2. The van der Waals surface area contributed by atoms with Crippen molar-refractivity contribution in [3.8, 4) is 5.75 Å². The van der Waals surface area contributed by atoms with Crippen molar-refractivity contribution >= 4 is 28.3 Å². The number of ether oxygens (including phenoxy) is 1. The summed E-state index contributed by atoms with van der Waals surface area (Å²) in [6.07, 6.45) is -4.42. The molecule has 2 N–H and O–H groups in total. The normalized spacial score (nSPS) is 11.1. The number of hydrogen-bond donors (Lipinski definition) is 2. The lowest BCUT2D eigenvalue weighted by Gasteiger charge is -2.10. The molecule has 0 saturated carbocycles. The average Bonchev–Trinajstić information content (AvgIpc) is 3.18. The minimum atomic E-state index is -4.42. The van der Waals surface area contributed by atoms with E-state index < -0.39 is 12.8 Å². The topological polar surface area (TPSA) is 80.3 Å². The lowest BCUT2D eigenvalue weighted by atomic mass is 10.2. The van der Waals surface area contributed by atoms with E-state index in [4.69, 9.17) is 4.74 Å². The van der Waals surface area contributed by atoms with Crippen LogP contribution in [0.15, 0.2) is 60.0 Å². The zero-order valence-electron chi connectivity index (χ0n) is 16.1. The number of anilines is 1. The molecule has 0 bridgehead atoms. The number of thiazole rings is 1. The zero-order valence-corrected chi connectivity index (χ0v) is 16.9. The molecule has 0 aliphatic rings. The number of hydrogen-bond acceptors (Lipinski definition) is 5. The summed E-state index contributed by atoms with van der Waals surface area (Å²) in [6.45, 7) is -1.25. The van der Waals surface area contributed by atoms with E-state index in [9.17, 15) is 22.8 Å². The van der Waals surface area contributed by atoms with Gasteiger partial charge in [-0.15, -0.1) is 11.3 Å². The molecular weight excluding hydrogens is 431 g/mol.